The second kappa shape index (κ2) is 6.86. The predicted octanol–water partition coefficient (Wildman–Crippen LogP) is 4.45. The van der Waals surface area contributed by atoms with Crippen LogP contribution >= 0.6 is 15.9 Å². The van der Waals surface area contributed by atoms with Crippen LogP contribution in [0.1, 0.15) is 40.0 Å². The number of anilines is 1. The number of halogens is 2. The molecule has 0 heterocycles. The molecule has 0 radical (unpaired) electrons. The van der Waals surface area contributed by atoms with Crippen molar-refractivity contribution >= 4 is 27.7 Å². The van der Waals surface area contributed by atoms with Gasteiger partial charge in [-0.25, -0.2) is 9.18 Å². The Kier molecular flexibility index (Phi) is 5.32. The molecule has 4 nitrogen and oxygen atoms in total. The summed E-state index contributed by atoms with van der Waals surface area (Å²) in [4.78, 5) is 11.8. The molecule has 1 saturated carbocycles. The van der Waals surface area contributed by atoms with Gasteiger partial charge in [0.05, 0.1) is 4.47 Å². The van der Waals surface area contributed by atoms with Gasteiger partial charge in [-0.3, -0.25) is 0 Å². The molecular formula is C16H22BrFN2O2. The fourth-order valence-corrected chi connectivity index (χ4v) is 2.79. The van der Waals surface area contributed by atoms with Crippen molar-refractivity contribution in [2.45, 2.75) is 57.7 Å². The number of hydrogen-bond donors (Lipinski definition) is 2. The normalized spacial score (nSPS) is 21.5. The third-order valence-electron chi connectivity index (χ3n) is 3.44. The van der Waals surface area contributed by atoms with Gasteiger partial charge in [0.15, 0.2) is 0 Å². The molecule has 2 atom stereocenters. The van der Waals surface area contributed by atoms with E-state index >= 15 is 0 Å². The largest absolute Gasteiger partial charge is 0.444 e. The zero-order valence-corrected chi connectivity index (χ0v) is 14.7. The minimum atomic E-state index is -0.491. The fraction of sp³-hybridized carbons (Fsp3) is 0.562. The number of hydrogen-bond acceptors (Lipinski definition) is 3. The molecule has 0 bridgehead atoms. The average molecular weight is 373 g/mol. The average Bonchev–Trinajstić information content (AvgIpc) is 2.78. The molecule has 0 spiro atoms. The Hall–Kier alpha value is -1.30. The van der Waals surface area contributed by atoms with E-state index in [1.807, 2.05) is 26.8 Å². The van der Waals surface area contributed by atoms with Crippen LogP contribution < -0.4 is 10.6 Å². The van der Waals surface area contributed by atoms with Crippen molar-refractivity contribution < 1.29 is 13.9 Å². The molecule has 2 unspecified atom stereocenters. The first-order valence-electron chi connectivity index (χ1n) is 7.44. The maximum Gasteiger partial charge on any atom is 0.407 e. The molecule has 6 heteroatoms. The lowest BCUT2D eigenvalue weighted by Crippen LogP contribution is -2.38. The Bertz CT molecular complexity index is 545. The van der Waals surface area contributed by atoms with Gasteiger partial charge in [0.25, 0.3) is 0 Å². The van der Waals surface area contributed by atoms with Gasteiger partial charge in [0, 0.05) is 17.8 Å². The molecule has 0 aliphatic heterocycles. The van der Waals surface area contributed by atoms with E-state index in [9.17, 15) is 9.18 Å². The molecular weight excluding hydrogens is 351 g/mol. The smallest absolute Gasteiger partial charge is 0.407 e. The summed E-state index contributed by atoms with van der Waals surface area (Å²) in [5.41, 5.74) is 0.263. The number of rotatable bonds is 3. The lowest BCUT2D eigenvalue weighted by molar-refractivity contribution is 0.0505. The molecule has 2 N–H and O–H groups in total. The van der Waals surface area contributed by atoms with Crippen LogP contribution in [-0.4, -0.2) is 23.8 Å². The number of ether oxygens (including phenoxy) is 1. The molecule has 0 saturated heterocycles. The quantitative estimate of drug-likeness (QED) is 0.823. The van der Waals surface area contributed by atoms with E-state index in [-0.39, 0.29) is 24.0 Å². The van der Waals surface area contributed by atoms with Gasteiger partial charge in [-0.1, -0.05) is 0 Å². The van der Waals surface area contributed by atoms with E-state index in [1.54, 1.807) is 6.07 Å². The highest BCUT2D eigenvalue weighted by molar-refractivity contribution is 9.10. The summed E-state index contributed by atoms with van der Waals surface area (Å²) in [6.07, 6.45) is 2.23. The maximum atomic E-state index is 13.5. The van der Waals surface area contributed by atoms with Gasteiger partial charge in [-0.15, -0.1) is 0 Å². The lowest BCUT2D eigenvalue weighted by Gasteiger charge is -2.22. The zero-order chi connectivity index (χ0) is 16.3. The summed E-state index contributed by atoms with van der Waals surface area (Å²) in [5.74, 6) is -0.286. The molecule has 1 amide bonds. The second-order valence-electron chi connectivity index (χ2n) is 6.63. The van der Waals surface area contributed by atoms with Crippen molar-refractivity contribution in [1.29, 1.82) is 0 Å². The SMILES string of the molecule is CC(C)(C)OC(=O)NC1CCC(Nc2ccc(Br)c(F)c2)C1. The Morgan fingerprint density at radius 3 is 2.64 bits per heavy atom. The first-order valence-corrected chi connectivity index (χ1v) is 8.23. The molecule has 1 aromatic rings. The van der Waals surface area contributed by atoms with Crippen molar-refractivity contribution in [2.24, 2.45) is 0 Å². The highest BCUT2D eigenvalue weighted by Crippen LogP contribution is 2.25. The molecule has 1 fully saturated rings. The highest BCUT2D eigenvalue weighted by Gasteiger charge is 2.27. The molecule has 1 aromatic carbocycles. The number of alkyl carbamates (subject to hydrolysis) is 1. The number of nitrogens with one attached hydrogen (secondary N) is 2. The van der Waals surface area contributed by atoms with Crippen LogP contribution in [0.3, 0.4) is 0 Å². The topological polar surface area (TPSA) is 50.4 Å². The minimum Gasteiger partial charge on any atom is -0.444 e. The van der Waals surface area contributed by atoms with Crippen molar-refractivity contribution in [1.82, 2.24) is 5.32 Å². The van der Waals surface area contributed by atoms with Crippen LogP contribution in [0.25, 0.3) is 0 Å². The van der Waals surface area contributed by atoms with Gasteiger partial charge >= 0.3 is 6.09 Å². The van der Waals surface area contributed by atoms with Gasteiger partial charge in [0.1, 0.15) is 11.4 Å². The molecule has 0 aromatic heterocycles. The first-order chi connectivity index (χ1) is 10.2. The Labute approximate surface area is 138 Å². The Morgan fingerprint density at radius 2 is 2.00 bits per heavy atom. The van der Waals surface area contributed by atoms with Crippen LogP contribution in [0, 0.1) is 5.82 Å². The van der Waals surface area contributed by atoms with Gasteiger partial charge in [-0.2, -0.15) is 0 Å². The number of carbonyl (C=O) groups excluding carboxylic acids is 1. The summed E-state index contributed by atoms with van der Waals surface area (Å²) in [6.45, 7) is 5.52. The maximum absolute atomic E-state index is 13.5. The molecule has 1 aliphatic rings. The minimum absolute atomic E-state index is 0.0904. The van der Waals surface area contributed by atoms with Crippen LogP contribution in [0.2, 0.25) is 0 Å². The highest BCUT2D eigenvalue weighted by atomic mass is 79.9. The zero-order valence-electron chi connectivity index (χ0n) is 13.1. The van der Waals surface area contributed by atoms with Crippen LogP contribution in [0.15, 0.2) is 22.7 Å². The van der Waals surface area contributed by atoms with Crippen molar-refractivity contribution in [3.63, 3.8) is 0 Å². The monoisotopic (exact) mass is 372 g/mol. The fourth-order valence-electron chi connectivity index (χ4n) is 2.54. The third-order valence-corrected chi connectivity index (χ3v) is 4.09. The van der Waals surface area contributed by atoms with Crippen molar-refractivity contribution in [2.75, 3.05) is 5.32 Å². The van der Waals surface area contributed by atoms with E-state index in [0.717, 1.165) is 24.9 Å². The summed E-state index contributed by atoms with van der Waals surface area (Å²) in [5, 5.41) is 6.20. The van der Waals surface area contributed by atoms with E-state index in [4.69, 9.17) is 4.74 Å². The predicted molar refractivity (Wildman–Crippen MR) is 88.5 cm³/mol. The van der Waals surface area contributed by atoms with Gasteiger partial charge in [-0.05, 0) is 74.2 Å². The van der Waals surface area contributed by atoms with Crippen molar-refractivity contribution in [3.8, 4) is 0 Å². The van der Waals surface area contributed by atoms with E-state index in [0.29, 0.717) is 4.47 Å². The van der Waals surface area contributed by atoms with Crippen LogP contribution in [0.4, 0.5) is 14.9 Å². The van der Waals surface area contributed by atoms with Gasteiger partial charge < -0.3 is 15.4 Å². The number of carbonyl (C=O) groups is 1. The number of benzene rings is 1. The summed E-state index contributed by atoms with van der Waals surface area (Å²) < 4.78 is 19.2. The van der Waals surface area contributed by atoms with E-state index in [2.05, 4.69) is 26.6 Å². The third kappa shape index (κ3) is 5.16. The second-order valence-corrected chi connectivity index (χ2v) is 7.48. The number of amides is 1. The van der Waals surface area contributed by atoms with Crippen LogP contribution in [-0.2, 0) is 4.74 Å². The van der Waals surface area contributed by atoms with Crippen molar-refractivity contribution in [3.05, 3.63) is 28.5 Å². The standard InChI is InChI=1S/C16H22BrFN2O2/c1-16(2,3)22-15(21)20-11-5-4-10(8-11)19-12-6-7-13(17)14(18)9-12/h6-7,9-11,19H,4-5,8H2,1-3H3,(H,20,21). The lowest BCUT2D eigenvalue weighted by atomic mass is 10.2. The van der Waals surface area contributed by atoms with E-state index in [1.165, 1.54) is 6.07 Å². The van der Waals surface area contributed by atoms with Gasteiger partial charge in [0.2, 0.25) is 0 Å². The summed E-state index contributed by atoms with van der Waals surface area (Å²) in [6, 6.07) is 5.30. The van der Waals surface area contributed by atoms with E-state index < -0.39 is 5.60 Å². The Morgan fingerprint density at radius 1 is 1.32 bits per heavy atom. The summed E-state index contributed by atoms with van der Waals surface area (Å²) in [7, 11) is 0. The molecule has 1 aliphatic carbocycles. The Balaban J connectivity index is 1.82. The summed E-state index contributed by atoms with van der Waals surface area (Å²) >= 11 is 3.14. The molecule has 22 heavy (non-hydrogen) atoms. The molecule has 2 rings (SSSR count). The molecule has 122 valence electrons. The van der Waals surface area contributed by atoms with Crippen LogP contribution in [0.5, 0.6) is 0 Å². The first kappa shape index (κ1) is 17.1.